The van der Waals surface area contributed by atoms with E-state index in [0.717, 1.165) is 12.0 Å². The highest BCUT2D eigenvalue weighted by Crippen LogP contribution is 2.39. The normalized spacial score (nSPS) is 19.2. The number of aromatic nitrogens is 2. The molecular weight excluding hydrogens is 530 g/mol. The van der Waals surface area contributed by atoms with Crippen LogP contribution in [0, 0.1) is 5.92 Å². The van der Waals surface area contributed by atoms with Crippen molar-refractivity contribution >= 4 is 39.2 Å². The van der Waals surface area contributed by atoms with E-state index in [2.05, 4.69) is 46.8 Å². The molecule has 2 aliphatic rings. The van der Waals surface area contributed by atoms with Gasteiger partial charge in [0.25, 0.3) is 15.9 Å². The molecule has 0 aromatic carbocycles. The van der Waals surface area contributed by atoms with Crippen molar-refractivity contribution in [3.8, 4) is 0 Å². The maximum absolute atomic E-state index is 13.5. The van der Waals surface area contributed by atoms with Gasteiger partial charge in [0.1, 0.15) is 11.6 Å². The Morgan fingerprint density at radius 3 is 2.45 bits per heavy atom. The number of urea groups is 1. The van der Waals surface area contributed by atoms with E-state index in [9.17, 15) is 18.0 Å². The van der Waals surface area contributed by atoms with Crippen LogP contribution < -0.4 is 20.7 Å². The van der Waals surface area contributed by atoms with Crippen LogP contribution in [0.15, 0.2) is 41.4 Å². The van der Waals surface area contributed by atoms with Crippen LogP contribution in [0.25, 0.3) is 5.57 Å². The van der Waals surface area contributed by atoms with Crippen molar-refractivity contribution in [2.45, 2.75) is 70.5 Å². The SMILES string of the molecule is CC1CCN(c2nc(C3=CCCN(C(=O)NC(C)(C)C)C3)ccc2C(=O)NS(=O)(=O)c2cccc(N)n2)C1(C)C. The number of nitrogens with two attached hydrogens (primary N) is 1. The van der Waals surface area contributed by atoms with Crippen molar-refractivity contribution in [2.75, 3.05) is 30.3 Å². The smallest absolute Gasteiger partial charge is 0.318 e. The molecule has 4 N–H and O–H groups in total. The quantitative estimate of drug-likeness (QED) is 0.496. The summed E-state index contributed by atoms with van der Waals surface area (Å²) >= 11 is 0. The lowest BCUT2D eigenvalue weighted by atomic mass is 9.90. The van der Waals surface area contributed by atoms with Crippen molar-refractivity contribution in [3.63, 3.8) is 0 Å². The van der Waals surface area contributed by atoms with Crippen LogP contribution in [0.2, 0.25) is 0 Å². The Morgan fingerprint density at radius 1 is 1.10 bits per heavy atom. The highest BCUT2D eigenvalue weighted by atomic mass is 32.2. The van der Waals surface area contributed by atoms with E-state index in [1.165, 1.54) is 18.2 Å². The topological polar surface area (TPSA) is 151 Å². The van der Waals surface area contributed by atoms with Crippen LogP contribution in [0.5, 0.6) is 0 Å². The van der Waals surface area contributed by atoms with Gasteiger partial charge in [0, 0.05) is 30.7 Å². The lowest BCUT2D eigenvalue weighted by Gasteiger charge is -2.37. The largest absolute Gasteiger partial charge is 0.384 e. The number of anilines is 2. The Kier molecular flexibility index (Phi) is 7.85. The number of hydrogen-bond acceptors (Lipinski definition) is 8. The summed E-state index contributed by atoms with van der Waals surface area (Å²) in [6, 6.07) is 7.35. The van der Waals surface area contributed by atoms with Gasteiger partial charge in [-0.05, 0) is 83.2 Å². The van der Waals surface area contributed by atoms with E-state index in [0.29, 0.717) is 43.5 Å². The standard InChI is InChI=1S/C28H39N7O4S/c1-18-14-16-35(28(18,5)6)24-20(25(36)33-40(38,39)23-11-7-10-22(29)31-23)12-13-21(30-24)19-9-8-15-34(17-19)26(37)32-27(2,3)4/h7,9-13,18H,8,14-17H2,1-6H3,(H2,29,31)(H,32,37)(H,33,36). The maximum Gasteiger partial charge on any atom is 0.318 e. The third kappa shape index (κ3) is 6.22. The molecule has 1 fully saturated rings. The molecule has 0 aliphatic carbocycles. The third-order valence-electron chi connectivity index (χ3n) is 7.56. The molecule has 12 heteroatoms. The first-order valence-electron chi connectivity index (χ1n) is 13.4. The number of sulfonamides is 1. The second-order valence-electron chi connectivity index (χ2n) is 12.0. The molecule has 216 valence electrons. The molecule has 1 atom stereocenters. The first-order chi connectivity index (χ1) is 18.6. The van der Waals surface area contributed by atoms with Gasteiger partial charge in [-0.15, -0.1) is 0 Å². The van der Waals surface area contributed by atoms with E-state index >= 15 is 0 Å². The van der Waals surface area contributed by atoms with Gasteiger partial charge < -0.3 is 20.9 Å². The minimum atomic E-state index is -4.27. The summed E-state index contributed by atoms with van der Waals surface area (Å²) < 4.78 is 28.0. The number of carbonyl (C=O) groups excluding carboxylic acids is 2. The Balaban J connectivity index is 1.69. The monoisotopic (exact) mass is 569 g/mol. The van der Waals surface area contributed by atoms with Gasteiger partial charge in [0.2, 0.25) is 0 Å². The fourth-order valence-corrected chi connectivity index (χ4v) is 5.87. The van der Waals surface area contributed by atoms with Gasteiger partial charge in [-0.25, -0.2) is 19.5 Å². The van der Waals surface area contributed by atoms with Gasteiger partial charge in [0.05, 0.1) is 11.3 Å². The molecule has 4 heterocycles. The number of nitrogens with zero attached hydrogens (tertiary/aromatic N) is 4. The van der Waals surface area contributed by atoms with Gasteiger partial charge in [-0.3, -0.25) is 4.79 Å². The highest BCUT2D eigenvalue weighted by Gasteiger charge is 2.41. The highest BCUT2D eigenvalue weighted by molar-refractivity contribution is 7.90. The second-order valence-corrected chi connectivity index (χ2v) is 13.6. The molecule has 11 nitrogen and oxygen atoms in total. The first-order valence-corrected chi connectivity index (χ1v) is 14.9. The minimum Gasteiger partial charge on any atom is -0.384 e. The Labute approximate surface area is 236 Å². The summed E-state index contributed by atoms with van der Waals surface area (Å²) in [6.07, 6.45) is 3.62. The predicted molar refractivity (Wildman–Crippen MR) is 155 cm³/mol. The summed E-state index contributed by atoms with van der Waals surface area (Å²) in [6.45, 7) is 13.8. The molecular formula is C28H39N7O4S. The summed E-state index contributed by atoms with van der Waals surface area (Å²) in [5.41, 5.74) is 6.60. The zero-order chi connectivity index (χ0) is 29.5. The molecule has 40 heavy (non-hydrogen) atoms. The van der Waals surface area contributed by atoms with E-state index in [1.807, 2.05) is 20.8 Å². The second kappa shape index (κ2) is 10.7. The maximum atomic E-state index is 13.5. The van der Waals surface area contributed by atoms with Gasteiger partial charge in [0.15, 0.2) is 5.03 Å². The first kappa shape index (κ1) is 29.3. The fraction of sp³-hybridized carbons (Fsp3) is 0.500. The molecule has 0 spiro atoms. The zero-order valence-electron chi connectivity index (χ0n) is 24.0. The minimum absolute atomic E-state index is 0.0285. The van der Waals surface area contributed by atoms with E-state index in [4.69, 9.17) is 10.7 Å². The number of pyridine rings is 2. The molecule has 4 rings (SSSR count). The number of nitrogen functional groups attached to an aromatic ring is 1. The molecule has 1 saturated heterocycles. The van der Waals surface area contributed by atoms with Crippen LogP contribution in [-0.2, 0) is 10.0 Å². The van der Waals surface area contributed by atoms with E-state index in [1.54, 1.807) is 17.0 Å². The fourth-order valence-electron chi connectivity index (χ4n) is 4.93. The van der Waals surface area contributed by atoms with E-state index < -0.39 is 15.9 Å². The van der Waals surface area contributed by atoms with Gasteiger partial charge >= 0.3 is 6.03 Å². The average molecular weight is 570 g/mol. The molecule has 0 radical (unpaired) electrons. The number of carbonyl (C=O) groups is 2. The van der Waals surface area contributed by atoms with Crippen molar-refractivity contribution in [1.82, 2.24) is 24.9 Å². The van der Waals surface area contributed by atoms with Crippen LogP contribution >= 0.6 is 0 Å². The number of amides is 3. The van der Waals surface area contributed by atoms with Crippen molar-refractivity contribution in [2.24, 2.45) is 5.92 Å². The summed E-state index contributed by atoms with van der Waals surface area (Å²) in [5, 5.41) is 2.66. The average Bonchev–Trinajstić information content (AvgIpc) is 3.14. The molecule has 2 aromatic heterocycles. The molecule has 0 bridgehead atoms. The molecule has 2 aliphatic heterocycles. The summed E-state index contributed by atoms with van der Waals surface area (Å²) in [7, 11) is -4.27. The Hall–Kier alpha value is -3.67. The van der Waals surface area contributed by atoms with Crippen molar-refractivity contribution in [3.05, 3.63) is 47.7 Å². The van der Waals surface area contributed by atoms with E-state index in [-0.39, 0.29) is 33.5 Å². The van der Waals surface area contributed by atoms with Crippen LogP contribution in [0.3, 0.4) is 0 Å². The van der Waals surface area contributed by atoms with Crippen molar-refractivity contribution < 1.29 is 18.0 Å². The summed E-state index contributed by atoms with van der Waals surface area (Å²) in [4.78, 5) is 38.9. The number of nitrogens with one attached hydrogen (secondary N) is 2. The lowest BCUT2D eigenvalue weighted by molar-refractivity contribution is 0.0981. The molecule has 3 amide bonds. The van der Waals surface area contributed by atoms with Crippen LogP contribution in [-0.4, -0.2) is 65.9 Å². The Bertz CT molecular complexity index is 1450. The Morgan fingerprint density at radius 2 is 1.82 bits per heavy atom. The number of rotatable bonds is 5. The van der Waals surface area contributed by atoms with Gasteiger partial charge in [-0.1, -0.05) is 19.1 Å². The lowest BCUT2D eigenvalue weighted by Crippen LogP contribution is -2.49. The molecule has 0 saturated carbocycles. The molecule has 2 aromatic rings. The third-order valence-corrected chi connectivity index (χ3v) is 8.79. The number of hydrogen-bond donors (Lipinski definition) is 3. The summed E-state index contributed by atoms with van der Waals surface area (Å²) in [5.74, 6) is -0.0601. The zero-order valence-corrected chi connectivity index (χ0v) is 24.8. The van der Waals surface area contributed by atoms with Crippen LogP contribution in [0.1, 0.15) is 70.4 Å². The van der Waals surface area contributed by atoms with Crippen molar-refractivity contribution in [1.29, 1.82) is 0 Å². The van der Waals surface area contributed by atoms with Gasteiger partial charge in [-0.2, -0.15) is 8.42 Å². The predicted octanol–water partition coefficient (Wildman–Crippen LogP) is 3.40. The molecule has 1 unspecified atom stereocenters. The van der Waals surface area contributed by atoms with Crippen LogP contribution in [0.4, 0.5) is 16.4 Å².